The molecule has 0 atom stereocenters. The van der Waals surface area contributed by atoms with Crippen molar-refractivity contribution in [3.63, 3.8) is 0 Å². The number of hydrogen-bond donors (Lipinski definition) is 1. The van der Waals surface area contributed by atoms with Gasteiger partial charge in [-0.15, -0.1) is 0 Å². The van der Waals surface area contributed by atoms with E-state index in [1.807, 2.05) is 6.07 Å². The molecule has 1 saturated heterocycles. The first-order chi connectivity index (χ1) is 13.1. The second kappa shape index (κ2) is 7.70. The van der Waals surface area contributed by atoms with Crippen molar-refractivity contribution in [3.05, 3.63) is 47.3 Å². The summed E-state index contributed by atoms with van der Waals surface area (Å²) >= 11 is 0. The molecule has 3 rings (SSSR count). The predicted molar refractivity (Wildman–Crippen MR) is 115 cm³/mol. The zero-order valence-corrected chi connectivity index (χ0v) is 18.2. The van der Waals surface area contributed by atoms with Crippen LogP contribution < -0.4 is 4.90 Å². The van der Waals surface area contributed by atoms with E-state index in [1.165, 1.54) is 5.56 Å². The van der Waals surface area contributed by atoms with Gasteiger partial charge >= 0.3 is 0 Å². The highest BCUT2D eigenvalue weighted by Gasteiger charge is 2.27. The van der Waals surface area contributed by atoms with Crippen molar-refractivity contribution in [2.75, 3.05) is 31.1 Å². The lowest BCUT2D eigenvalue weighted by Crippen LogP contribution is -2.46. The molecule has 0 amide bonds. The van der Waals surface area contributed by atoms with Gasteiger partial charge in [0.05, 0.1) is 0 Å². The Bertz CT molecular complexity index is 763. The van der Waals surface area contributed by atoms with E-state index in [0.29, 0.717) is 5.75 Å². The SMILES string of the molecule is CC(C)(C)c1cc(CN2CCN(c3ncccn3)CC2)cc(C(C)(C)C)c1O. The molecular weight excluding hydrogens is 348 g/mol. The lowest BCUT2D eigenvalue weighted by Gasteiger charge is -2.35. The Hall–Kier alpha value is -2.14. The molecule has 1 aliphatic rings. The zero-order valence-electron chi connectivity index (χ0n) is 18.2. The summed E-state index contributed by atoms with van der Waals surface area (Å²) in [6, 6.07) is 6.23. The van der Waals surface area contributed by atoms with Crippen molar-refractivity contribution in [2.45, 2.75) is 58.9 Å². The Morgan fingerprint density at radius 2 is 1.36 bits per heavy atom. The number of phenolic OH excluding ortho intramolecular Hbond substituents is 1. The Morgan fingerprint density at radius 1 is 0.857 bits per heavy atom. The lowest BCUT2D eigenvalue weighted by molar-refractivity contribution is 0.248. The standard InChI is InChI=1S/C23H34N4O/c1-22(2,3)18-14-17(15-19(20(18)28)23(4,5)6)16-26-10-12-27(13-11-26)21-24-8-7-9-25-21/h7-9,14-15,28H,10-13,16H2,1-6H3. The Kier molecular flexibility index (Phi) is 5.67. The molecular formula is C23H34N4O. The highest BCUT2D eigenvalue weighted by atomic mass is 16.3. The molecule has 1 N–H and O–H groups in total. The molecule has 1 aromatic carbocycles. The van der Waals surface area contributed by atoms with Crippen LogP contribution in [0.1, 0.15) is 58.2 Å². The number of piperazine rings is 1. The first-order valence-electron chi connectivity index (χ1n) is 10.2. The summed E-state index contributed by atoms with van der Waals surface area (Å²) in [6.07, 6.45) is 3.60. The predicted octanol–water partition coefficient (Wildman–Crippen LogP) is 4.10. The van der Waals surface area contributed by atoms with Crippen LogP contribution in [0.5, 0.6) is 5.75 Å². The van der Waals surface area contributed by atoms with Gasteiger partial charge in [-0.3, -0.25) is 4.90 Å². The number of benzene rings is 1. The summed E-state index contributed by atoms with van der Waals surface area (Å²) in [6.45, 7) is 17.7. The number of hydrogen-bond acceptors (Lipinski definition) is 5. The molecule has 5 heteroatoms. The first-order valence-corrected chi connectivity index (χ1v) is 10.2. The topological polar surface area (TPSA) is 52.5 Å². The minimum atomic E-state index is -0.0938. The van der Waals surface area contributed by atoms with Gasteiger partial charge in [0.25, 0.3) is 0 Å². The summed E-state index contributed by atoms with van der Waals surface area (Å²) in [7, 11) is 0. The van der Waals surface area contributed by atoms with Crippen LogP contribution in [0.2, 0.25) is 0 Å². The molecule has 0 unspecified atom stereocenters. The molecule has 0 bridgehead atoms. The summed E-state index contributed by atoms with van der Waals surface area (Å²) in [5.74, 6) is 1.27. The van der Waals surface area contributed by atoms with Gasteiger partial charge in [0.1, 0.15) is 5.75 Å². The summed E-state index contributed by atoms with van der Waals surface area (Å²) < 4.78 is 0. The molecule has 2 aromatic rings. The number of anilines is 1. The maximum atomic E-state index is 10.9. The van der Waals surface area contributed by atoms with Gasteiger partial charge in [-0.1, -0.05) is 53.7 Å². The number of aromatic nitrogens is 2. The van der Waals surface area contributed by atoms with Crippen molar-refractivity contribution in [3.8, 4) is 5.75 Å². The molecule has 5 nitrogen and oxygen atoms in total. The highest BCUT2D eigenvalue weighted by molar-refractivity contribution is 5.50. The average Bonchev–Trinajstić information content (AvgIpc) is 2.62. The molecule has 2 heterocycles. The molecule has 0 aliphatic carbocycles. The van der Waals surface area contributed by atoms with Gasteiger partial charge in [-0.05, 0) is 33.6 Å². The summed E-state index contributed by atoms with van der Waals surface area (Å²) in [5.41, 5.74) is 3.15. The van der Waals surface area contributed by atoms with Crippen LogP contribution in [0, 0.1) is 0 Å². The third kappa shape index (κ3) is 4.64. The van der Waals surface area contributed by atoms with Gasteiger partial charge in [0.2, 0.25) is 5.95 Å². The lowest BCUT2D eigenvalue weighted by atomic mass is 9.78. The van der Waals surface area contributed by atoms with Crippen LogP contribution in [-0.2, 0) is 17.4 Å². The first kappa shape index (κ1) is 20.6. The largest absolute Gasteiger partial charge is 0.507 e. The maximum Gasteiger partial charge on any atom is 0.225 e. The number of nitrogens with zero attached hydrogens (tertiary/aromatic N) is 4. The summed E-state index contributed by atoms with van der Waals surface area (Å²) in [4.78, 5) is 13.5. The second-order valence-electron chi connectivity index (χ2n) is 9.85. The van der Waals surface area contributed by atoms with E-state index < -0.39 is 0 Å². The van der Waals surface area contributed by atoms with Crippen LogP contribution in [0.4, 0.5) is 5.95 Å². The van der Waals surface area contributed by atoms with Crippen molar-refractivity contribution in [2.24, 2.45) is 0 Å². The smallest absolute Gasteiger partial charge is 0.225 e. The average molecular weight is 383 g/mol. The van der Waals surface area contributed by atoms with E-state index in [0.717, 1.165) is 49.8 Å². The number of aromatic hydroxyl groups is 1. The van der Waals surface area contributed by atoms with E-state index in [4.69, 9.17) is 0 Å². The molecule has 1 fully saturated rings. The fraction of sp³-hybridized carbons (Fsp3) is 0.565. The Balaban J connectivity index is 1.77. The molecule has 0 radical (unpaired) electrons. The fourth-order valence-electron chi connectivity index (χ4n) is 3.75. The highest BCUT2D eigenvalue weighted by Crippen LogP contribution is 2.40. The maximum absolute atomic E-state index is 10.9. The van der Waals surface area contributed by atoms with Gasteiger partial charge in [0, 0.05) is 45.1 Å². The van der Waals surface area contributed by atoms with Crippen LogP contribution in [0.3, 0.4) is 0 Å². The fourth-order valence-corrected chi connectivity index (χ4v) is 3.75. The van der Waals surface area contributed by atoms with Gasteiger partial charge in [-0.25, -0.2) is 9.97 Å². The Morgan fingerprint density at radius 3 is 1.82 bits per heavy atom. The van der Waals surface area contributed by atoms with E-state index in [2.05, 4.69) is 73.4 Å². The quantitative estimate of drug-likeness (QED) is 0.866. The van der Waals surface area contributed by atoms with Crippen LogP contribution in [0.15, 0.2) is 30.6 Å². The third-order valence-electron chi connectivity index (χ3n) is 5.40. The van der Waals surface area contributed by atoms with Gasteiger partial charge in [0.15, 0.2) is 0 Å². The van der Waals surface area contributed by atoms with Crippen molar-refractivity contribution in [1.82, 2.24) is 14.9 Å². The molecule has 0 spiro atoms. The number of phenols is 1. The third-order valence-corrected chi connectivity index (χ3v) is 5.40. The molecule has 1 aliphatic heterocycles. The van der Waals surface area contributed by atoms with E-state index in [9.17, 15) is 5.11 Å². The normalized spacial score (nSPS) is 16.4. The van der Waals surface area contributed by atoms with Crippen LogP contribution in [-0.4, -0.2) is 46.2 Å². The summed E-state index contributed by atoms with van der Waals surface area (Å²) in [5, 5.41) is 10.9. The van der Waals surface area contributed by atoms with Crippen molar-refractivity contribution in [1.29, 1.82) is 0 Å². The zero-order chi connectivity index (χ0) is 20.5. The molecule has 1 aromatic heterocycles. The van der Waals surface area contributed by atoms with Gasteiger partial charge < -0.3 is 10.0 Å². The van der Waals surface area contributed by atoms with Crippen LogP contribution in [0.25, 0.3) is 0 Å². The van der Waals surface area contributed by atoms with E-state index in [-0.39, 0.29) is 10.8 Å². The van der Waals surface area contributed by atoms with Crippen molar-refractivity contribution < 1.29 is 5.11 Å². The molecule has 28 heavy (non-hydrogen) atoms. The van der Waals surface area contributed by atoms with Crippen LogP contribution >= 0.6 is 0 Å². The molecule has 0 saturated carbocycles. The van der Waals surface area contributed by atoms with Gasteiger partial charge in [-0.2, -0.15) is 0 Å². The minimum Gasteiger partial charge on any atom is -0.507 e. The Labute approximate surface area is 169 Å². The van der Waals surface area contributed by atoms with E-state index in [1.54, 1.807) is 12.4 Å². The number of rotatable bonds is 3. The minimum absolute atomic E-state index is 0.0938. The van der Waals surface area contributed by atoms with Crippen molar-refractivity contribution >= 4 is 5.95 Å². The van der Waals surface area contributed by atoms with E-state index >= 15 is 0 Å². The monoisotopic (exact) mass is 382 g/mol. The second-order valence-corrected chi connectivity index (χ2v) is 9.85. The molecule has 152 valence electrons.